The number of fused-ring (bicyclic) bond motifs is 2. The molecule has 0 spiro atoms. The first-order valence-electron chi connectivity index (χ1n) is 14.9. The van der Waals surface area contributed by atoms with Gasteiger partial charge in [-0.25, -0.2) is 9.59 Å². The van der Waals surface area contributed by atoms with Crippen LogP contribution in [0, 0.1) is 0 Å². The van der Waals surface area contributed by atoms with Crippen molar-refractivity contribution in [2.75, 3.05) is 13.7 Å². The molecule has 46 heavy (non-hydrogen) atoms. The number of rotatable bonds is 8. The molecule has 1 heterocycles. The summed E-state index contributed by atoms with van der Waals surface area (Å²) in [5.74, 6) is -1.49. The molecule has 1 saturated heterocycles. The van der Waals surface area contributed by atoms with Crippen molar-refractivity contribution in [3.63, 3.8) is 0 Å². The summed E-state index contributed by atoms with van der Waals surface area (Å²) < 4.78 is 10.6. The molecule has 0 aromatic heterocycles. The zero-order valence-electron chi connectivity index (χ0n) is 25.1. The Morgan fingerprint density at radius 2 is 1.39 bits per heavy atom. The van der Waals surface area contributed by atoms with Gasteiger partial charge in [-0.3, -0.25) is 9.59 Å². The van der Waals surface area contributed by atoms with Gasteiger partial charge < -0.3 is 19.7 Å². The molecule has 9 heteroatoms. The van der Waals surface area contributed by atoms with Crippen molar-refractivity contribution < 1.29 is 28.7 Å². The lowest BCUT2D eigenvalue weighted by atomic mass is 10.0. The summed E-state index contributed by atoms with van der Waals surface area (Å²) in [5, 5.41) is 6.51. The third-order valence-electron chi connectivity index (χ3n) is 8.20. The van der Waals surface area contributed by atoms with E-state index in [1.54, 1.807) is 42.5 Å². The van der Waals surface area contributed by atoms with E-state index in [-0.39, 0.29) is 17.6 Å². The van der Waals surface area contributed by atoms with Gasteiger partial charge in [-0.15, -0.1) is 0 Å². The van der Waals surface area contributed by atoms with Gasteiger partial charge >= 0.3 is 11.9 Å². The molecule has 1 N–H and O–H groups in total. The number of likely N-dealkylation sites (tertiary alicyclic amines) is 1. The maximum absolute atomic E-state index is 13.6. The van der Waals surface area contributed by atoms with Crippen LogP contribution in [-0.4, -0.2) is 59.6 Å². The molecule has 0 bridgehead atoms. The van der Waals surface area contributed by atoms with Gasteiger partial charge in [0.15, 0.2) is 0 Å². The van der Waals surface area contributed by atoms with E-state index in [1.165, 1.54) is 12.0 Å². The molecule has 8 nitrogen and oxygen atoms in total. The number of thiol groups is 1. The molecule has 6 rings (SSSR count). The Kier molecular flexibility index (Phi) is 9.03. The largest absolute Gasteiger partial charge is 0.467 e. The Labute approximate surface area is 271 Å². The first-order valence-corrected chi connectivity index (χ1v) is 15.5. The molecule has 232 valence electrons. The minimum atomic E-state index is -1.000. The fraction of sp³-hybridized carbons (Fsp3) is 0.189. The van der Waals surface area contributed by atoms with Crippen LogP contribution in [0.25, 0.3) is 21.5 Å². The zero-order chi connectivity index (χ0) is 32.2. The molecule has 0 radical (unpaired) electrons. The predicted molar refractivity (Wildman–Crippen MR) is 179 cm³/mol. The molecule has 5 aromatic rings. The Morgan fingerprint density at radius 3 is 2.02 bits per heavy atom. The lowest BCUT2D eigenvalue weighted by Crippen LogP contribution is -2.51. The number of amides is 2. The average molecular weight is 633 g/mol. The number of carbonyl (C=O) groups excluding carboxylic acids is 4. The van der Waals surface area contributed by atoms with Gasteiger partial charge in [-0.05, 0) is 69.9 Å². The SMILES string of the molecule is COC(=O)C(Cc1ccc(OC(=O)c2ccc3ccccc3c2)cc1)NC(=O)[C@@H]1C[C@H](S)CN1C(=O)c1ccc2ccccc2c1. The molecule has 1 aliphatic rings. The van der Waals surface area contributed by atoms with Gasteiger partial charge in [-0.1, -0.05) is 72.8 Å². The predicted octanol–water partition coefficient (Wildman–Crippen LogP) is 5.63. The van der Waals surface area contributed by atoms with Gasteiger partial charge in [-0.2, -0.15) is 12.6 Å². The molecule has 1 aliphatic heterocycles. The molecular formula is C37H32N2O6S. The molecule has 1 fully saturated rings. The summed E-state index contributed by atoms with van der Waals surface area (Å²) in [5.41, 5.74) is 1.62. The van der Waals surface area contributed by atoms with E-state index in [9.17, 15) is 19.2 Å². The summed E-state index contributed by atoms with van der Waals surface area (Å²) in [6.45, 7) is 0.301. The van der Waals surface area contributed by atoms with Crippen LogP contribution in [0.4, 0.5) is 0 Å². The number of benzene rings is 5. The fourth-order valence-corrected chi connectivity index (χ4v) is 6.17. The van der Waals surface area contributed by atoms with Gasteiger partial charge in [0.05, 0.1) is 12.7 Å². The third kappa shape index (κ3) is 6.74. The lowest BCUT2D eigenvalue weighted by Gasteiger charge is -2.26. The second-order valence-electron chi connectivity index (χ2n) is 11.3. The summed E-state index contributed by atoms with van der Waals surface area (Å²) in [6.07, 6.45) is 0.479. The van der Waals surface area contributed by atoms with Gasteiger partial charge in [0.2, 0.25) is 5.91 Å². The lowest BCUT2D eigenvalue weighted by molar-refractivity contribution is -0.145. The van der Waals surface area contributed by atoms with E-state index in [2.05, 4.69) is 17.9 Å². The highest BCUT2D eigenvalue weighted by Crippen LogP contribution is 2.26. The Balaban J connectivity index is 1.12. The minimum absolute atomic E-state index is 0.132. The van der Waals surface area contributed by atoms with Crippen molar-refractivity contribution in [2.24, 2.45) is 0 Å². The molecular weight excluding hydrogens is 600 g/mol. The second-order valence-corrected chi connectivity index (χ2v) is 12.0. The molecule has 0 aliphatic carbocycles. The summed E-state index contributed by atoms with van der Waals surface area (Å²) in [7, 11) is 1.26. The van der Waals surface area contributed by atoms with Crippen molar-refractivity contribution in [1.82, 2.24) is 10.2 Å². The maximum Gasteiger partial charge on any atom is 0.343 e. The second kappa shape index (κ2) is 13.5. The summed E-state index contributed by atoms with van der Waals surface area (Å²) in [4.78, 5) is 54.2. The Bertz CT molecular complexity index is 1940. The fourth-order valence-electron chi connectivity index (χ4n) is 5.79. The van der Waals surface area contributed by atoms with Crippen molar-refractivity contribution in [2.45, 2.75) is 30.2 Å². The molecule has 0 saturated carbocycles. The molecule has 5 aromatic carbocycles. The third-order valence-corrected chi connectivity index (χ3v) is 8.57. The zero-order valence-corrected chi connectivity index (χ0v) is 26.0. The number of carbonyl (C=O) groups is 4. The van der Waals surface area contributed by atoms with Crippen LogP contribution in [0.1, 0.15) is 32.7 Å². The number of hydrogen-bond acceptors (Lipinski definition) is 7. The summed E-state index contributed by atoms with van der Waals surface area (Å²) >= 11 is 4.57. The highest BCUT2D eigenvalue weighted by atomic mass is 32.1. The Hall–Kier alpha value is -5.15. The molecule has 3 atom stereocenters. The van der Waals surface area contributed by atoms with Crippen molar-refractivity contribution in [3.8, 4) is 5.75 Å². The number of nitrogens with one attached hydrogen (secondary N) is 1. The van der Waals surface area contributed by atoms with Gasteiger partial charge in [0.25, 0.3) is 5.91 Å². The van der Waals surface area contributed by atoms with E-state index in [4.69, 9.17) is 9.47 Å². The number of ether oxygens (including phenoxy) is 2. The van der Waals surface area contributed by atoms with Crippen molar-refractivity contribution in [1.29, 1.82) is 0 Å². The average Bonchev–Trinajstić information content (AvgIpc) is 3.49. The first kappa shape index (κ1) is 30.9. The van der Waals surface area contributed by atoms with Crippen LogP contribution >= 0.6 is 12.6 Å². The van der Waals surface area contributed by atoms with E-state index >= 15 is 0 Å². The smallest absolute Gasteiger partial charge is 0.343 e. The Morgan fingerprint density at radius 1 is 0.804 bits per heavy atom. The number of methoxy groups -OCH3 is 1. The standard InChI is InChI=1S/C37H32N2O6S/c1-44-37(43)32(18-23-10-16-30(17-11-23)45-36(42)29-15-13-25-7-3-5-9-27(25)20-29)38-34(40)33-21-31(46)22-39(33)35(41)28-14-12-24-6-2-4-8-26(24)19-28/h2-17,19-20,31-33,46H,18,21-22H2,1H3,(H,38,40)/t31-,32?,33-/m0/s1. The van der Waals surface area contributed by atoms with E-state index in [0.29, 0.717) is 35.4 Å². The highest BCUT2D eigenvalue weighted by molar-refractivity contribution is 7.81. The van der Waals surface area contributed by atoms with Crippen LogP contribution in [0.2, 0.25) is 0 Å². The van der Waals surface area contributed by atoms with Crippen LogP contribution in [0.3, 0.4) is 0 Å². The van der Waals surface area contributed by atoms with Crippen LogP contribution in [0.15, 0.2) is 109 Å². The number of nitrogens with zero attached hydrogens (tertiary/aromatic N) is 1. The van der Waals surface area contributed by atoms with E-state index < -0.39 is 29.9 Å². The monoisotopic (exact) mass is 632 g/mol. The van der Waals surface area contributed by atoms with Crippen LogP contribution in [-0.2, 0) is 20.7 Å². The summed E-state index contributed by atoms with van der Waals surface area (Å²) in [6, 6.07) is 31.3. The first-order chi connectivity index (χ1) is 22.3. The minimum Gasteiger partial charge on any atom is -0.467 e. The molecule has 1 unspecified atom stereocenters. The topological polar surface area (TPSA) is 102 Å². The maximum atomic E-state index is 13.6. The van der Waals surface area contributed by atoms with Crippen molar-refractivity contribution in [3.05, 3.63) is 126 Å². The van der Waals surface area contributed by atoms with Crippen LogP contribution in [0.5, 0.6) is 5.75 Å². The van der Waals surface area contributed by atoms with Crippen LogP contribution < -0.4 is 10.1 Å². The van der Waals surface area contributed by atoms with E-state index in [0.717, 1.165) is 21.5 Å². The molecule has 2 amide bonds. The van der Waals surface area contributed by atoms with E-state index in [1.807, 2.05) is 66.7 Å². The number of esters is 2. The van der Waals surface area contributed by atoms with Crippen molar-refractivity contribution >= 4 is 57.9 Å². The van der Waals surface area contributed by atoms with Gasteiger partial charge in [0.1, 0.15) is 17.8 Å². The quantitative estimate of drug-likeness (QED) is 0.131. The number of hydrogen-bond donors (Lipinski definition) is 2. The van der Waals surface area contributed by atoms with Gasteiger partial charge in [0, 0.05) is 23.8 Å². The normalized spacial score (nSPS) is 16.6. The highest BCUT2D eigenvalue weighted by Gasteiger charge is 2.40.